The summed E-state index contributed by atoms with van der Waals surface area (Å²) in [6, 6.07) is 0.331. The molecule has 6 heteroatoms. The average Bonchev–Trinajstić information content (AvgIpc) is 2.64. The number of anilines is 1. The fraction of sp³-hybridized carbons (Fsp3) is 0.667. The average molecular weight is 272 g/mol. The summed E-state index contributed by atoms with van der Waals surface area (Å²) >= 11 is 6.14. The minimum atomic E-state index is 0.259. The van der Waals surface area contributed by atoms with E-state index < -0.39 is 0 Å². The number of ether oxygens (including phenoxy) is 1. The van der Waals surface area contributed by atoms with Crippen LogP contribution in [-0.4, -0.2) is 41.9 Å². The number of halogens is 1. The van der Waals surface area contributed by atoms with Crippen molar-refractivity contribution in [3.63, 3.8) is 0 Å². The van der Waals surface area contributed by atoms with Crippen LogP contribution in [0.1, 0.15) is 19.3 Å². The predicted molar refractivity (Wildman–Crippen MR) is 70.2 cm³/mol. The van der Waals surface area contributed by atoms with E-state index in [2.05, 4.69) is 14.9 Å². The van der Waals surface area contributed by atoms with Gasteiger partial charge in [-0.3, -0.25) is 0 Å². The first-order valence-electron chi connectivity index (χ1n) is 6.17. The molecule has 5 nitrogen and oxygen atoms in total. The van der Waals surface area contributed by atoms with Gasteiger partial charge in [0.1, 0.15) is 5.02 Å². The number of aliphatic hydroxyl groups excluding tert-OH is 1. The highest BCUT2D eigenvalue weighted by Gasteiger charge is 2.20. The highest BCUT2D eigenvalue weighted by atomic mass is 35.5. The fourth-order valence-corrected chi connectivity index (χ4v) is 2.43. The first-order chi connectivity index (χ1) is 8.74. The molecule has 2 heterocycles. The van der Waals surface area contributed by atoms with Gasteiger partial charge < -0.3 is 14.7 Å². The fourth-order valence-electron chi connectivity index (χ4n) is 2.22. The van der Waals surface area contributed by atoms with Gasteiger partial charge in [0.25, 0.3) is 0 Å². The molecule has 1 aliphatic rings. The maximum atomic E-state index is 9.22. The van der Waals surface area contributed by atoms with Gasteiger partial charge in [-0.2, -0.15) is 4.98 Å². The van der Waals surface area contributed by atoms with Crippen molar-refractivity contribution in [3.05, 3.63) is 11.2 Å². The van der Waals surface area contributed by atoms with Gasteiger partial charge in [0.05, 0.1) is 13.3 Å². The van der Waals surface area contributed by atoms with Crippen molar-refractivity contribution in [1.29, 1.82) is 0 Å². The summed E-state index contributed by atoms with van der Waals surface area (Å²) in [7, 11) is 1.54. The van der Waals surface area contributed by atoms with E-state index in [0.29, 0.717) is 17.0 Å². The molecule has 1 aliphatic heterocycles. The SMILES string of the molecule is COc1ncc(Cl)c(N2CCCC(CO)CC2)n1. The summed E-state index contributed by atoms with van der Waals surface area (Å²) in [5.74, 6) is 1.11. The van der Waals surface area contributed by atoms with Crippen LogP contribution in [-0.2, 0) is 0 Å². The lowest BCUT2D eigenvalue weighted by molar-refractivity contribution is 0.215. The van der Waals surface area contributed by atoms with Crippen LogP contribution in [0, 0.1) is 5.92 Å². The lowest BCUT2D eigenvalue weighted by atomic mass is 10.0. The Morgan fingerprint density at radius 2 is 2.33 bits per heavy atom. The maximum Gasteiger partial charge on any atom is 0.318 e. The third kappa shape index (κ3) is 3.03. The summed E-state index contributed by atoms with van der Waals surface area (Å²) in [4.78, 5) is 10.4. The highest BCUT2D eigenvalue weighted by molar-refractivity contribution is 6.32. The Morgan fingerprint density at radius 1 is 1.50 bits per heavy atom. The topological polar surface area (TPSA) is 58.5 Å². The molecule has 0 saturated carbocycles. The first-order valence-corrected chi connectivity index (χ1v) is 6.54. The second-order valence-electron chi connectivity index (χ2n) is 4.49. The zero-order valence-electron chi connectivity index (χ0n) is 10.5. The van der Waals surface area contributed by atoms with E-state index in [0.717, 1.165) is 38.2 Å². The van der Waals surface area contributed by atoms with Crippen LogP contribution in [0.5, 0.6) is 6.01 Å². The summed E-state index contributed by atoms with van der Waals surface area (Å²) in [6.45, 7) is 2.01. The van der Waals surface area contributed by atoms with Crippen molar-refractivity contribution in [1.82, 2.24) is 9.97 Å². The van der Waals surface area contributed by atoms with E-state index in [1.807, 2.05) is 0 Å². The molecular formula is C12H18ClN3O2. The van der Waals surface area contributed by atoms with E-state index in [1.54, 1.807) is 6.20 Å². The molecule has 0 radical (unpaired) electrons. The normalized spacial score (nSPS) is 20.6. The van der Waals surface area contributed by atoms with Gasteiger partial charge in [0.15, 0.2) is 5.82 Å². The number of hydrogen-bond donors (Lipinski definition) is 1. The van der Waals surface area contributed by atoms with Crippen LogP contribution in [0.25, 0.3) is 0 Å². The quantitative estimate of drug-likeness (QED) is 0.907. The molecule has 0 aliphatic carbocycles. The molecule has 1 aromatic rings. The Kier molecular flexibility index (Phi) is 4.60. The Balaban J connectivity index is 2.15. The highest BCUT2D eigenvalue weighted by Crippen LogP contribution is 2.27. The van der Waals surface area contributed by atoms with Crippen molar-refractivity contribution in [2.45, 2.75) is 19.3 Å². The molecule has 1 atom stereocenters. The second kappa shape index (κ2) is 6.20. The van der Waals surface area contributed by atoms with Crippen molar-refractivity contribution in [2.24, 2.45) is 5.92 Å². The zero-order valence-corrected chi connectivity index (χ0v) is 11.2. The standard InChI is InChI=1S/C12H18ClN3O2/c1-18-12-14-7-10(13)11(15-12)16-5-2-3-9(8-17)4-6-16/h7,9,17H,2-6,8H2,1H3. The number of hydrogen-bond acceptors (Lipinski definition) is 5. The molecule has 0 aromatic carbocycles. The molecule has 0 spiro atoms. The largest absolute Gasteiger partial charge is 0.467 e. The molecule has 1 N–H and O–H groups in total. The zero-order chi connectivity index (χ0) is 13.0. The van der Waals surface area contributed by atoms with Gasteiger partial charge in [-0.1, -0.05) is 11.6 Å². The Hall–Kier alpha value is -1.07. The Labute approximate surface area is 112 Å². The molecule has 1 aromatic heterocycles. The van der Waals surface area contributed by atoms with E-state index in [9.17, 15) is 5.11 Å². The van der Waals surface area contributed by atoms with Gasteiger partial charge in [0.2, 0.25) is 0 Å². The van der Waals surface area contributed by atoms with E-state index in [-0.39, 0.29) is 6.61 Å². The first kappa shape index (κ1) is 13.4. The molecule has 1 saturated heterocycles. The monoisotopic (exact) mass is 271 g/mol. The molecular weight excluding hydrogens is 254 g/mol. The van der Waals surface area contributed by atoms with Crippen molar-refractivity contribution in [2.75, 3.05) is 31.7 Å². The minimum absolute atomic E-state index is 0.259. The van der Waals surface area contributed by atoms with Crippen LogP contribution in [0.4, 0.5) is 5.82 Å². The number of methoxy groups -OCH3 is 1. The third-order valence-corrected chi connectivity index (χ3v) is 3.56. The third-order valence-electron chi connectivity index (χ3n) is 3.29. The number of aromatic nitrogens is 2. The van der Waals surface area contributed by atoms with Crippen molar-refractivity contribution < 1.29 is 9.84 Å². The maximum absolute atomic E-state index is 9.22. The summed E-state index contributed by atoms with van der Waals surface area (Å²) in [6.07, 6.45) is 4.61. The van der Waals surface area contributed by atoms with Crippen LogP contribution >= 0.6 is 11.6 Å². The molecule has 2 rings (SSSR count). The summed E-state index contributed by atoms with van der Waals surface area (Å²) in [5, 5.41) is 9.76. The Bertz CT molecular complexity index is 403. The molecule has 0 bridgehead atoms. The molecule has 100 valence electrons. The van der Waals surface area contributed by atoms with Crippen molar-refractivity contribution >= 4 is 17.4 Å². The lowest BCUT2D eigenvalue weighted by Crippen LogP contribution is -2.26. The Morgan fingerprint density at radius 3 is 3.06 bits per heavy atom. The molecule has 1 unspecified atom stereocenters. The van der Waals surface area contributed by atoms with Crippen LogP contribution in [0.3, 0.4) is 0 Å². The van der Waals surface area contributed by atoms with E-state index >= 15 is 0 Å². The van der Waals surface area contributed by atoms with Gasteiger partial charge >= 0.3 is 6.01 Å². The van der Waals surface area contributed by atoms with Crippen LogP contribution in [0.15, 0.2) is 6.20 Å². The molecule has 0 amide bonds. The van der Waals surface area contributed by atoms with Crippen LogP contribution in [0.2, 0.25) is 5.02 Å². The van der Waals surface area contributed by atoms with Crippen molar-refractivity contribution in [3.8, 4) is 6.01 Å². The van der Waals surface area contributed by atoms with Gasteiger partial charge in [-0.15, -0.1) is 0 Å². The summed E-state index contributed by atoms with van der Waals surface area (Å²) < 4.78 is 5.03. The van der Waals surface area contributed by atoms with Gasteiger partial charge in [0, 0.05) is 19.7 Å². The number of nitrogens with zero attached hydrogens (tertiary/aromatic N) is 3. The number of aliphatic hydroxyl groups is 1. The molecule has 1 fully saturated rings. The lowest BCUT2D eigenvalue weighted by Gasteiger charge is -2.22. The molecule has 18 heavy (non-hydrogen) atoms. The van der Waals surface area contributed by atoms with E-state index in [1.165, 1.54) is 7.11 Å². The number of rotatable bonds is 3. The van der Waals surface area contributed by atoms with E-state index in [4.69, 9.17) is 16.3 Å². The predicted octanol–water partition coefficient (Wildman–Crippen LogP) is 1.74. The smallest absolute Gasteiger partial charge is 0.318 e. The van der Waals surface area contributed by atoms with Gasteiger partial charge in [-0.25, -0.2) is 4.98 Å². The second-order valence-corrected chi connectivity index (χ2v) is 4.90. The summed E-state index contributed by atoms with van der Waals surface area (Å²) in [5.41, 5.74) is 0. The minimum Gasteiger partial charge on any atom is -0.467 e. The van der Waals surface area contributed by atoms with Gasteiger partial charge in [-0.05, 0) is 25.2 Å². The van der Waals surface area contributed by atoms with Crippen LogP contribution < -0.4 is 9.64 Å².